The number of rotatable bonds is 9. The van der Waals surface area contributed by atoms with E-state index in [2.05, 4.69) is 55.5 Å². The van der Waals surface area contributed by atoms with Gasteiger partial charge in [0.2, 0.25) is 0 Å². The lowest BCUT2D eigenvalue weighted by Gasteiger charge is -2.28. The van der Waals surface area contributed by atoms with Gasteiger partial charge in [0.05, 0.1) is 0 Å². The van der Waals surface area contributed by atoms with Crippen molar-refractivity contribution < 1.29 is 4.39 Å². The maximum absolute atomic E-state index is 12.1. The van der Waals surface area contributed by atoms with E-state index in [-0.39, 0.29) is 6.67 Å². The number of halogens is 1. The maximum Gasteiger partial charge on any atom is 0.108 e. The van der Waals surface area contributed by atoms with E-state index in [1.807, 2.05) is 6.08 Å². The van der Waals surface area contributed by atoms with Gasteiger partial charge in [-0.1, -0.05) is 74.0 Å². The van der Waals surface area contributed by atoms with Crippen LogP contribution in [0.2, 0.25) is 0 Å². The lowest BCUT2D eigenvalue weighted by atomic mass is 9.77. The van der Waals surface area contributed by atoms with Gasteiger partial charge in [0.15, 0.2) is 0 Å². The van der Waals surface area contributed by atoms with Crippen molar-refractivity contribution in [2.24, 2.45) is 5.92 Å². The van der Waals surface area contributed by atoms with Crippen molar-refractivity contribution in [3.63, 3.8) is 0 Å². The van der Waals surface area contributed by atoms with Crippen molar-refractivity contribution in [3.8, 4) is 11.1 Å². The summed E-state index contributed by atoms with van der Waals surface area (Å²) in [6, 6.07) is 18.4. The molecule has 28 heavy (non-hydrogen) atoms. The molecule has 0 unspecified atom stereocenters. The molecule has 0 amide bonds. The number of alkyl halides is 1. The van der Waals surface area contributed by atoms with Gasteiger partial charge >= 0.3 is 0 Å². The van der Waals surface area contributed by atoms with Gasteiger partial charge in [0.1, 0.15) is 6.67 Å². The highest BCUT2D eigenvalue weighted by molar-refractivity contribution is 5.64. The van der Waals surface area contributed by atoms with Gasteiger partial charge in [-0.25, -0.2) is 4.39 Å². The van der Waals surface area contributed by atoms with Crippen molar-refractivity contribution in [1.29, 1.82) is 0 Å². The number of hydrogen-bond acceptors (Lipinski definition) is 0. The van der Waals surface area contributed by atoms with E-state index >= 15 is 0 Å². The number of benzene rings is 2. The summed E-state index contributed by atoms with van der Waals surface area (Å²) in [5.41, 5.74) is 5.58. The number of aryl methyl sites for hydroxylation is 1. The second kappa shape index (κ2) is 11.2. The number of unbranched alkanes of at least 4 members (excludes halogenated alkanes) is 1. The van der Waals surface area contributed by atoms with Crippen LogP contribution in [0.4, 0.5) is 4.39 Å². The standard InChI is InChI=1S/C27H35F/c1-2-3-7-22-9-13-24(14-10-22)26-17-19-27(20-18-26)25-15-11-23(12-16-25)8-5-4-6-21-28/h4,6,9-10,13-14,17-20,23,25H,2-3,5,7-8,11-12,15-16,21H2,1H3/t23-,25-. The lowest BCUT2D eigenvalue weighted by Crippen LogP contribution is -2.13. The van der Waals surface area contributed by atoms with Crippen molar-refractivity contribution in [1.82, 2.24) is 0 Å². The predicted molar refractivity (Wildman–Crippen MR) is 120 cm³/mol. The van der Waals surface area contributed by atoms with E-state index in [0.29, 0.717) is 5.92 Å². The fraction of sp³-hybridized carbons (Fsp3) is 0.481. The summed E-state index contributed by atoms with van der Waals surface area (Å²) in [5, 5.41) is 0. The molecule has 3 rings (SSSR count). The molecule has 1 saturated carbocycles. The first-order chi connectivity index (χ1) is 13.8. The summed E-state index contributed by atoms with van der Waals surface area (Å²) >= 11 is 0. The molecule has 2 aromatic carbocycles. The largest absolute Gasteiger partial charge is 0.247 e. The molecule has 1 aliphatic rings. The van der Waals surface area contributed by atoms with E-state index in [1.54, 1.807) is 6.08 Å². The normalized spacial score (nSPS) is 19.9. The van der Waals surface area contributed by atoms with Gasteiger partial charge in [0, 0.05) is 0 Å². The molecule has 0 atom stereocenters. The van der Waals surface area contributed by atoms with Gasteiger partial charge in [-0.3, -0.25) is 0 Å². The monoisotopic (exact) mass is 378 g/mol. The number of hydrogen-bond donors (Lipinski definition) is 0. The van der Waals surface area contributed by atoms with Crippen molar-refractivity contribution in [2.45, 2.75) is 70.6 Å². The molecule has 0 spiro atoms. The van der Waals surface area contributed by atoms with Crippen LogP contribution >= 0.6 is 0 Å². The van der Waals surface area contributed by atoms with Crippen LogP contribution in [0.25, 0.3) is 11.1 Å². The Morgan fingerprint density at radius 2 is 1.50 bits per heavy atom. The molecule has 150 valence electrons. The van der Waals surface area contributed by atoms with Crippen LogP contribution < -0.4 is 0 Å². The molecule has 2 aromatic rings. The topological polar surface area (TPSA) is 0 Å². The first-order valence-corrected chi connectivity index (χ1v) is 11.2. The number of allylic oxidation sites excluding steroid dienone is 2. The molecule has 0 heterocycles. The van der Waals surface area contributed by atoms with Crippen LogP contribution in [0.1, 0.15) is 75.3 Å². The van der Waals surface area contributed by atoms with Gasteiger partial charge in [-0.2, -0.15) is 0 Å². The highest BCUT2D eigenvalue weighted by Crippen LogP contribution is 2.38. The Hall–Kier alpha value is -1.89. The zero-order chi connectivity index (χ0) is 19.6. The highest BCUT2D eigenvalue weighted by Gasteiger charge is 2.21. The van der Waals surface area contributed by atoms with Gasteiger partial charge < -0.3 is 0 Å². The molecule has 1 fully saturated rings. The molecule has 0 bridgehead atoms. The third kappa shape index (κ3) is 6.06. The van der Waals surface area contributed by atoms with Crippen LogP contribution in [-0.4, -0.2) is 6.67 Å². The van der Waals surface area contributed by atoms with Gasteiger partial charge in [-0.05, 0) is 85.5 Å². The van der Waals surface area contributed by atoms with E-state index in [0.717, 1.165) is 12.3 Å². The van der Waals surface area contributed by atoms with E-state index in [9.17, 15) is 4.39 Å². The fourth-order valence-electron chi connectivity index (χ4n) is 4.49. The first kappa shape index (κ1) is 20.8. The SMILES string of the molecule is CCCCc1ccc(-c2ccc([C@H]3CC[C@H](CCC=CCF)CC3)cc2)cc1. The van der Waals surface area contributed by atoms with Crippen LogP contribution in [0.3, 0.4) is 0 Å². The summed E-state index contributed by atoms with van der Waals surface area (Å²) < 4.78 is 12.1. The third-order valence-electron chi connectivity index (χ3n) is 6.33. The van der Waals surface area contributed by atoms with Crippen molar-refractivity contribution >= 4 is 0 Å². The van der Waals surface area contributed by atoms with Gasteiger partial charge in [0.25, 0.3) is 0 Å². The Morgan fingerprint density at radius 1 is 0.857 bits per heavy atom. The van der Waals surface area contributed by atoms with E-state index in [1.165, 1.54) is 73.6 Å². The van der Waals surface area contributed by atoms with Crippen LogP contribution in [-0.2, 0) is 6.42 Å². The second-order valence-electron chi connectivity index (χ2n) is 8.34. The van der Waals surface area contributed by atoms with Gasteiger partial charge in [-0.15, -0.1) is 0 Å². The molecule has 0 N–H and O–H groups in total. The lowest BCUT2D eigenvalue weighted by molar-refractivity contribution is 0.312. The molecule has 0 aliphatic heterocycles. The molecule has 1 heteroatoms. The first-order valence-electron chi connectivity index (χ1n) is 11.2. The fourth-order valence-corrected chi connectivity index (χ4v) is 4.49. The quantitative estimate of drug-likeness (QED) is 0.385. The zero-order valence-corrected chi connectivity index (χ0v) is 17.4. The van der Waals surface area contributed by atoms with Crippen molar-refractivity contribution in [2.75, 3.05) is 6.67 Å². The average molecular weight is 379 g/mol. The molecular formula is C27H35F. The summed E-state index contributed by atoms with van der Waals surface area (Å²) in [5.74, 6) is 1.54. The molecule has 0 nitrogen and oxygen atoms in total. The summed E-state index contributed by atoms with van der Waals surface area (Å²) in [6.07, 6.45) is 14.8. The zero-order valence-electron chi connectivity index (χ0n) is 17.4. The van der Waals surface area contributed by atoms with Crippen LogP contribution in [0, 0.1) is 5.92 Å². The van der Waals surface area contributed by atoms with Crippen LogP contribution in [0.5, 0.6) is 0 Å². The average Bonchev–Trinajstić information content (AvgIpc) is 2.76. The molecular weight excluding hydrogens is 343 g/mol. The molecule has 0 radical (unpaired) electrons. The van der Waals surface area contributed by atoms with Crippen LogP contribution in [0.15, 0.2) is 60.7 Å². The summed E-state index contributed by atoms with van der Waals surface area (Å²) in [4.78, 5) is 0. The van der Waals surface area contributed by atoms with Crippen molar-refractivity contribution in [3.05, 3.63) is 71.8 Å². The molecule has 0 saturated heterocycles. The van der Waals surface area contributed by atoms with E-state index < -0.39 is 0 Å². The minimum Gasteiger partial charge on any atom is -0.247 e. The summed E-state index contributed by atoms with van der Waals surface area (Å²) in [6.45, 7) is 1.92. The minimum atomic E-state index is -0.328. The van der Waals surface area contributed by atoms with E-state index in [4.69, 9.17) is 0 Å². The maximum atomic E-state index is 12.1. The Labute approximate surface area is 170 Å². The molecule has 1 aliphatic carbocycles. The Balaban J connectivity index is 1.51. The predicted octanol–water partition coefficient (Wildman–Crippen LogP) is 8.28. The highest BCUT2D eigenvalue weighted by atomic mass is 19.1. The smallest absolute Gasteiger partial charge is 0.108 e. The third-order valence-corrected chi connectivity index (χ3v) is 6.33. The second-order valence-corrected chi connectivity index (χ2v) is 8.34. The molecule has 0 aromatic heterocycles. The Kier molecular flexibility index (Phi) is 8.33. The Morgan fingerprint density at radius 3 is 2.11 bits per heavy atom. The summed E-state index contributed by atoms with van der Waals surface area (Å²) in [7, 11) is 0. The Bertz CT molecular complexity index is 703. The minimum absolute atomic E-state index is 0.328.